The van der Waals surface area contributed by atoms with Crippen LogP contribution < -0.4 is 6.15 Å². The first-order chi connectivity index (χ1) is 11.4. The summed E-state index contributed by atoms with van der Waals surface area (Å²) < 4.78 is 22.2. The highest BCUT2D eigenvalue weighted by Gasteiger charge is 2.24. The summed E-state index contributed by atoms with van der Waals surface area (Å²) in [5, 5.41) is 7.57. The summed E-state index contributed by atoms with van der Waals surface area (Å²) in [6, 6.07) is 0. The molecule has 0 aromatic rings. The molecule has 0 aromatic heterocycles. The second-order valence-electron chi connectivity index (χ2n) is 6.21. The number of rotatable bonds is 14. The summed E-state index contributed by atoms with van der Waals surface area (Å²) in [7, 11) is -3.89. The van der Waals surface area contributed by atoms with E-state index in [1.165, 1.54) is 0 Å². The molecule has 0 radical (unpaired) electrons. The monoisotopic (exact) mass is 385 g/mol. The molecule has 7 heteroatoms. The van der Waals surface area contributed by atoms with E-state index in [0.29, 0.717) is 25.0 Å². The first-order valence-electron chi connectivity index (χ1n) is 9.63. The predicted molar refractivity (Wildman–Crippen MR) is 106 cm³/mol. The van der Waals surface area contributed by atoms with Crippen molar-refractivity contribution >= 4 is 7.82 Å². The average Bonchev–Trinajstić information content (AvgIpc) is 2.56. The minimum absolute atomic E-state index is 0. The Hall–Kier alpha value is 0.0300. The molecule has 0 amide bonds. The van der Waals surface area contributed by atoms with Gasteiger partial charge in [-0.15, -0.1) is 0 Å². The lowest BCUT2D eigenvalue weighted by atomic mass is 10.0. The highest BCUT2D eigenvalue weighted by atomic mass is 31.2. The van der Waals surface area contributed by atoms with Crippen LogP contribution in [0.5, 0.6) is 0 Å². The molecule has 0 aliphatic heterocycles. The van der Waals surface area contributed by atoms with Gasteiger partial charge >= 0.3 is 7.82 Å². The summed E-state index contributed by atoms with van der Waals surface area (Å²) in [6.07, 6.45) is 8.56. The molecule has 2 unspecified atom stereocenters. The Bertz CT molecular complexity index is 281. The van der Waals surface area contributed by atoms with E-state index < -0.39 is 7.82 Å². The van der Waals surface area contributed by atoms with E-state index in [2.05, 4.69) is 27.7 Å². The first-order valence-corrected chi connectivity index (χ1v) is 11.1. The van der Waals surface area contributed by atoms with Crippen LogP contribution in [0, 0.1) is 11.8 Å². The van der Waals surface area contributed by atoms with E-state index in [1.807, 2.05) is 0 Å². The zero-order valence-electron chi connectivity index (χ0n) is 17.2. The van der Waals surface area contributed by atoms with Crippen LogP contribution in [0.1, 0.15) is 86.0 Å². The van der Waals surface area contributed by atoms with E-state index in [0.717, 1.165) is 51.4 Å². The van der Waals surface area contributed by atoms with Crippen LogP contribution in [0.2, 0.25) is 0 Å². The fourth-order valence-electron chi connectivity index (χ4n) is 2.23. The minimum Gasteiger partial charge on any atom is -0.397 e. The number of phosphoric ester groups is 1. The molecular weight excluding hydrogens is 341 g/mol. The molecule has 0 heterocycles. The molecule has 5 N–H and O–H groups in total. The van der Waals surface area contributed by atoms with Gasteiger partial charge in [0.25, 0.3) is 0 Å². The molecule has 0 rings (SSSR count). The maximum Gasteiger partial charge on any atom is 0.472 e. The molecule has 0 spiro atoms. The van der Waals surface area contributed by atoms with Crippen molar-refractivity contribution in [2.75, 3.05) is 19.8 Å². The van der Waals surface area contributed by atoms with E-state index in [-0.39, 0.29) is 12.8 Å². The van der Waals surface area contributed by atoms with Crippen LogP contribution >= 0.6 is 7.82 Å². The highest BCUT2D eigenvalue weighted by molar-refractivity contribution is 7.47. The van der Waals surface area contributed by atoms with Crippen molar-refractivity contribution in [1.82, 2.24) is 6.15 Å². The van der Waals surface area contributed by atoms with Crippen LogP contribution in [0.3, 0.4) is 0 Å². The maximum atomic E-state index is 11.9. The van der Waals surface area contributed by atoms with Gasteiger partial charge in [0.1, 0.15) is 0 Å². The van der Waals surface area contributed by atoms with Gasteiger partial charge in [0, 0.05) is 6.61 Å². The van der Waals surface area contributed by atoms with Crippen molar-refractivity contribution in [3.63, 3.8) is 0 Å². The Morgan fingerprint density at radius 2 is 1.16 bits per heavy atom. The van der Waals surface area contributed by atoms with E-state index in [1.54, 1.807) is 6.92 Å². The number of aliphatic hydroxyl groups is 1. The molecule has 25 heavy (non-hydrogen) atoms. The molecule has 2 atom stereocenters. The zero-order chi connectivity index (χ0) is 18.8. The Labute approximate surface area is 155 Å². The van der Waals surface area contributed by atoms with Crippen molar-refractivity contribution in [2.24, 2.45) is 11.8 Å². The lowest BCUT2D eigenvalue weighted by Crippen LogP contribution is -2.12. The number of unbranched alkanes of at least 4 members (excludes halogenated alkanes) is 2. The Morgan fingerprint density at radius 1 is 0.840 bits per heavy atom. The second-order valence-corrected chi connectivity index (χ2v) is 7.66. The standard InChI is InChI=1S/C16H35O4P.C2H6O.H3N/c1-5-9-11-15(7-3)13-19-21(17,18)20-14-16(8-4)12-10-6-2;1-2-3;/h15-16H,5-14H2,1-4H3,(H,17,18);3H,2H2,1H3;1H3. The normalized spacial score (nSPS) is 15.3. The summed E-state index contributed by atoms with van der Waals surface area (Å²) >= 11 is 0. The molecular formula is C18H44NO5P. The number of hydrogen-bond donors (Lipinski definition) is 3. The molecule has 0 aliphatic carbocycles. The highest BCUT2D eigenvalue weighted by Crippen LogP contribution is 2.44. The fraction of sp³-hybridized carbons (Fsp3) is 1.00. The topological polar surface area (TPSA) is 111 Å². The van der Waals surface area contributed by atoms with Gasteiger partial charge in [-0.1, -0.05) is 66.2 Å². The largest absolute Gasteiger partial charge is 0.472 e. The van der Waals surface area contributed by atoms with Gasteiger partial charge < -0.3 is 16.2 Å². The van der Waals surface area contributed by atoms with Crippen molar-refractivity contribution in [3.8, 4) is 0 Å². The summed E-state index contributed by atoms with van der Waals surface area (Å²) in [4.78, 5) is 9.77. The van der Waals surface area contributed by atoms with Crippen molar-refractivity contribution in [1.29, 1.82) is 0 Å². The van der Waals surface area contributed by atoms with Crippen LogP contribution in [-0.2, 0) is 13.6 Å². The number of aliphatic hydroxyl groups excluding tert-OH is 1. The van der Waals surface area contributed by atoms with E-state index in [9.17, 15) is 9.46 Å². The Kier molecular flexibility index (Phi) is 24.2. The molecule has 156 valence electrons. The van der Waals surface area contributed by atoms with Gasteiger partial charge in [-0.25, -0.2) is 4.57 Å². The second kappa shape index (κ2) is 20.3. The lowest BCUT2D eigenvalue weighted by molar-refractivity contribution is 0.110. The number of phosphoric acid groups is 1. The van der Waals surface area contributed by atoms with Crippen molar-refractivity contribution < 1.29 is 23.6 Å². The van der Waals surface area contributed by atoms with Crippen molar-refractivity contribution in [2.45, 2.75) is 86.0 Å². The van der Waals surface area contributed by atoms with Gasteiger partial charge in [-0.2, -0.15) is 0 Å². The van der Waals surface area contributed by atoms with Crippen LogP contribution in [0.4, 0.5) is 0 Å². The number of hydrogen-bond acceptors (Lipinski definition) is 5. The third kappa shape index (κ3) is 20.2. The van der Waals surface area contributed by atoms with E-state index >= 15 is 0 Å². The average molecular weight is 386 g/mol. The van der Waals surface area contributed by atoms with Gasteiger partial charge in [0.15, 0.2) is 0 Å². The summed E-state index contributed by atoms with van der Waals surface area (Å²) in [6.45, 7) is 11.0. The van der Waals surface area contributed by atoms with Gasteiger partial charge in [-0.05, 0) is 31.6 Å². The third-order valence-electron chi connectivity index (χ3n) is 4.03. The smallest absolute Gasteiger partial charge is 0.397 e. The van der Waals surface area contributed by atoms with Gasteiger partial charge in [0.2, 0.25) is 0 Å². The molecule has 6 nitrogen and oxygen atoms in total. The SMILES string of the molecule is CCCCC(CC)COP(=O)(O)OCC(CC)CCCC.CCO.N. The van der Waals surface area contributed by atoms with Gasteiger partial charge in [0.05, 0.1) is 13.2 Å². The van der Waals surface area contributed by atoms with Crippen molar-refractivity contribution in [3.05, 3.63) is 0 Å². The lowest BCUT2D eigenvalue weighted by Gasteiger charge is -2.20. The quantitative estimate of drug-likeness (QED) is 0.330. The fourth-order valence-corrected chi connectivity index (χ4v) is 3.11. The van der Waals surface area contributed by atoms with E-state index in [4.69, 9.17) is 14.2 Å². The summed E-state index contributed by atoms with van der Waals surface area (Å²) in [5.41, 5.74) is 0. The molecule has 0 aliphatic rings. The predicted octanol–water partition coefficient (Wildman–Crippen LogP) is 5.71. The molecule has 0 saturated carbocycles. The first kappa shape index (κ1) is 29.8. The van der Waals surface area contributed by atoms with Gasteiger partial charge in [-0.3, -0.25) is 9.05 Å². The van der Waals surface area contributed by atoms with Crippen LogP contribution in [-0.4, -0.2) is 29.8 Å². The Morgan fingerprint density at radius 3 is 1.40 bits per heavy atom. The molecule has 0 fully saturated rings. The molecule has 0 saturated heterocycles. The van der Waals surface area contributed by atoms with Crippen LogP contribution in [0.25, 0.3) is 0 Å². The maximum absolute atomic E-state index is 11.9. The zero-order valence-corrected chi connectivity index (χ0v) is 18.1. The summed E-state index contributed by atoms with van der Waals surface area (Å²) in [5.74, 6) is 0.687. The van der Waals surface area contributed by atoms with Crippen LogP contribution in [0.15, 0.2) is 0 Å². The minimum atomic E-state index is -3.89. The molecule has 0 aromatic carbocycles. The Balaban J connectivity index is -0.00000112. The molecule has 0 bridgehead atoms. The third-order valence-corrected chi connectivity index (χ3v) is 4.98.